The zero-order valence-corrected chi connectivity index (χ0v) is 13.4. The molecular weight excluding hydrogens is 288 g/mol. The summed E-state index contributed by atoms with van der Waals surface area (Å²) < 4.78 is 7.66. The van der Waals surface area contributed by atoms with Crippen molar-refractivity contribution < 1.29 is 4.74 Å². The molecule has 2 rings (SSSR count). The summed E-state index contributed by atoms with van der Waals surface area (Å²) >= 11 is 6.02. The van der Waals surface area contributed by atoms with Crippen molar-refractivity contribution in [2.24, 2.45) is 5.73 Å². The lowest BCUT2D eigenvalue weighted by Gasteiger charge is -2.15. The van der Waals surface area contributed by atoms with E-state index in [0.29, 0.717) is 30.7 Å². The molecule has 0 bridgehead atoms. The lowest BCUT2D eigenvalue weighted by Crippen LogP contribution is -2.15. The maximum atomic E-state index is 6.02. The zero-order chi connectivity index (χ0) is 15.2. The van der Waals surface area contributed by atoms with Crippen molar-refractivity contribution in [2.45, 2.75) is 39.2 Å². The molecule has 0 saturated heterocycles. The van der Waals surface area contributed by atoms with Gasteiger partial charge < -0.3 is 15.0 Å². The number of ether oxygens (including phenoxy) is 1. The van der Waals surface area contributed by atoms with Gasteiger partial charge in [-0.3, -0.25) is 0 Å². The van der Waals surface area contributed by atoms with Gasteiger partial charge in [0.1, 0.15) is 11.3 Å². The fourth-order valence-corrected chi connectivity index (χ4v) is 2.68. The number of hydrogen-bond acceptors (Lipinski definition) is 4. The van der Waals surface area contributed by atoms with Crippen LogP contribution in [-0.4, -0.2) is 34.3 Å². The summed E-state index contributed by atoms with van der Waals surface area (Å²) in [6.45, 7) is 6.83. The molecular formula is C15H23ClN4O. The van der Waals surface area contributed by atoms with Gasteiger partial charge in [0.15, 0.2) is 5.65 Å². The fraction of sp³-hybridized carbons (Fsp3) is 0.600. The standard InChI is InChI=1S/C15H23ClN4O/c1-3-11(4-2)14-19-13-9-12(16)10-18-15(13)20(14)6-8-21-7-5-17/h9-11H,3-8,17H2,1-2H3. The van der Waals surface area contributed by atoms with Gasteiger partial charge in [0.2, 0.25) is 0 Å². The minimum atomic E-state index is 0.424. The number of nitrogens with zero attached hydrogens (tertiary/aromatic N) is 3. The maximum Gasteiger partial charge on any atom is 0.160 e. The summed E-state index contributed by atoms with van der Waals surface area (Å²) in [5.41, 5.74) is 7.17. The largest absolute Gasteiger partial charge is 0.378 e. The molecule has 0 atom stereocenters. The Balaban J connectivity index is 2.34. The molecule has 2 aromatic rings. The van der Waals surface area contributed by atoms with Gasteiger partial charge in [0.05, 0.1) is 18.2 Å². The van der Waals surface area contributed by atoms with E-state index in [1.165, 1.54) is 0 Å². The third kappa shape index (κ3) is 3.73. The Morgan fingerprint density at radius 3 is 2.76 bits per heavy atom. The Bertz CT molecular complexity index is 580. The summed E-state index contributed by atoms with van der Waals surface area (Å²) in [5.74, 6) is 1.49. The fourth-order valence-electron chi connectivity index (χ4n) is 2.53. The minimum Gasteiger partial charge on any atom is -0.378 e. The Morgan fingerprint density at radius 1 is 1.33 bits per heavy atom. The number of rotatable bonds is 8. The second-order valence-corrected chi connectivity index (χ2v) is 5.47. The van der Waals surface area contributed by atoms with Crippen molar-refractivity contribution in [3.8, 4) is 0 Å². The SMILES string of the molecule is CCC(CC)c1nc2cc(Cl)cnc2n1CCOCCN. The van der Waals surface area contributed by atoms with Crippen LogP contribution in [0.25, 0.3) is 11.2 Å². The zero-order valence-electron chi connectivity index (χ0n) is 12.7. The molecule has 0 aliphatic carbocycles. The van der Waals surface area contributed by atoms with Crippen LogP contribution < -0.4 is 5.73 Å². The number of nitrogens with two attached hydrogens (primary N) is 1. The van der Waals surface area contributed by atoms with Gasteiger partial charge in [-0.1, -0.05) is 25.4 Å². The van der Waals surface area contributed by atoms with E-state index in [4.69, 9.17) is 27.1 Å². The van der Waals surface area contributed by atoms with Crippen LogP contribution in [0, 0.1) is 0 Å². The van der Waals surface area contributed by atoms with Crippen molar-refractivity contribution >= 4 is 22.8 Å². The molecule has 0 saturated carbocycles. The smallest absolute Gasteiger partial charge is 0.160 e. The highest BCUT2D eigenvalue weighted by Crippen LogP contribution is 2.26. The van der Waals surface area contributed by atoms with E-state index >= 15 is 0 Å². The summed E-state index contributed by atoms with van der Waals surface area (Å²) in [7, 11) is 0. The van der Waals surface area contributed by atoms with Gasteiger partial charge in [-0.2, -0.15) is 0 Å². The number of halogens is 1. The van der Waals surface area contributed by atoms with Crippen LogP contribution in [0.15, 0.2) is 12.3 Å². The van der Waals surface area contributed by atoms with E-state index in [1.54, 1.807) is 6.20 Å². The molecule has 116 valence electrons. The van der Waals surface area contributed by atoms with Crippen molar-refractivity contribution in [2.75, 3.05) is 19.8 Å². The maximum absolute atomic E-state index is 6.02. The molecule has 0 unspecified atom stereocenters. The van der Waals surface area contributed by atoms with Crippen molar-refractivity contribution in [1.29, 1.82) is 0 Å². The minimum absolute atomic E-state index is 0.424. The van der Waals surface area contributed by atoms with Crippen LogP contribution in [0.4, 0.5) is 0 Å². The average Bonchev–Trinajstić information content (AvgIpc) is 2.83. The molecule has 0 radical (unpaired) electrons. The number of imidazole rings is 1. The van der Waals surface area contributed by atoms with E-state index in [9.17, 15) is 0 Å². The van der Waals surface area contributed by atoms with E-state index in [-0.39, 0.29) is 0 Å². The lowest BCUT2D eigenvalue weighted by molar-refractivity contribution is 0.133. The molecule has 6 heteroatoms. The molecule has 0 amide bonds. The normalized spacial score (nSPS) is 11.7. The molecule has 0 fully saturated rings. The summed E-state index contributed by atoms with van der Waals surface area (Å²) in [5, 5.41) is 0.614. The molecule has 2 N–H and O–H groups in total. The molecule has 2 aromatic heterocycles. The van der Waals surface area contributed by atoms with Crippen LogP contribution in [0.1, 0.15) is 38.4 Å². The average molecular weight is 311 g/mol. The molecule has 2 heterocycles. The predicted octanol–water partition coefficient (Wildman–Crippen LogP) is 2.96. The van der Waals surface area contributed by atoms with Crippen LogP contribution in [0.3, 0.4) is 0 Å². The second-order valence-electron chi connectivity index (χ2n) is 5.03. The second kappa shape index (κ2) is 7.73. The van der Waals surface area contributed by atoms with Gasteiger partial charge in [-0.05, 0) is 18.9 Å². The monoisotopic (exact) mass is 310 g/mol. The van der Waals surface area contributed by atoms with Crippen molar-refractivity contribution in [3.63, 3.8) is 0 Å². The number of hydrogen-bond donors (Lipinski definition) is 1. The first-order valence-corrected chi connectivity index (χ1v) is 7.88. The van der Waals surface area contributed by atoms with Crippen molar-refractivity contribution in [1.82, 2.24) is 14.5 Å². The summed E-state index contributed by atoms with van der Waals surface area (Å²) in [6.07, 6.45) is 3.77. The number of pyridine rings is 1. The third-order valence-corrected chi connectivity index (χ3v) is 3.86. The Morgan fingerprint density at radius 2 is 2.10 bits per heavy atom. The van der Waals surface area contributed by atoms with E-state index in [0.717, 1.165) is 36.4 Å². The highest BCUT2D eigenvalue weighted by Gasteiger charge is 2.18. The molecule has 0 spiro atoms. The molecule has 0 aliphatic heterocycles. The van der Waals surface area contributed by atoms with E-state index in [1.807, 2.05) is 6.07 Å². The van der Waals surface area contributed by atoms with Crippen LogP contribution in [0.5, 0.6) is 0 Å². The van der Waals surface area contributed by atoms with Gasteiger partial charge in [0, 0.05) is 25.2 Å². The number of aromatic nitrogens is 3. The first kappa shape index (κ1) is 16.2. The van der Waals surface area contributed by atoms with E-state index < -0.39 is 0 Å². The van der Waals surface area contributed by atoms with Crippen LogP contribution in [-0.2, 0) is 11.3 Å². The number of fused-ring (bicyclic) bond motifs is 1. The van der Waals surface area contributed by atoms with Gasteiger partial charge >= 0.3 is 0 Å². The first-order valence-electron chi connectivity index (χ1n) is 7.50. The van der Waals surface area contributed by atoms with Crippen LogP contribution >= 0.6 is 11.6 Å². The summed E-state index contributed by atoms with van der Waals surface area (Å²) in [4.78, 5) is 9.19. The molecule has 5 nitrogen and oxygen atoms in total. The van der Waals surface area contributed by atoms with E-state index in [2.05, 4.69) is 23.4 Å². The highest BCUT2D eigenvalue weighted by atomic mass is 35.5. The van der Waals surface area contributed by atoms with Crippen molar-refractivity contribution in [3.05, 3.63) is 23.1 Å². The van der Waals surface area contributed by atoms with Gasteiger partial charge in [-0.25, -0.2) is 9.97 Å². The van der Waals surface area contributed by atoms with Gasteiger partial charge in [-0.15, -0.1) is 0 Å². The third-order valence-electron chi connectivity index (χ3n) is 3.65. The highest BCUT2D eigenvalue weighted by molar-refractivity contribution is 6.31. The lowest BCUT2D eigenvalue weighted by atomic mass is 10.0. The predicted molar refractivity (Wildman–Crippen MR) is 85.7 cm³/mol. The first-order chi connectivity index (χ1) is 10.2. The Kier molecular flexibility index (Phi) is 5.96. The van der Waals surface area contributed by atoms with Crippen LogP contribution in [0.2, 0.25) is 5.02 Å². The Hall–Kier alpha value is -1.17. The molecule has 21 heavy (non-hydrogen) atoms. The molecule has 0 aromatic carbocycles. The van der Waals surface area contributed by atoms with Gasteiger partial charge in [0.25, 0.3) is 0 Å². The quantitative estimate of drug-likeness (QED) is 0.761. The summed E-state index contributed by atoms with van der Waals surface area (Å²) in [6, 6.07) is 1.87. The topological polar surface area (TPSA) is 66.0 Å². The molecule has 0 aliphatic rings. The Labute approximate surface area is 130 Å².